The molecule has 0 spiro atoms. The molecule has 2 amide bonds. The zero-order valence-electron chi connectivity index (χ0n) is 28.4. The first kappa shape index (κ1) is 35.7. The molecule has 0 unspecified atom stereocenters. The zero-order valence-corrected chi connectivity index (χ0v) is 28.4. The number of carboxylic acids is 2. The maximum atomic E-state index is 13.2. The van der Waals surface area contributed by atoms with Crippen LogP contribution in [-0.4, -0.2) is 44.2 Å². The first-order chi connectivity index (χ1) is 26.4. The minimum absolute atomic E-state index is 0.0198. The summed E-state index contributed by atoms with van der Waals surface area (Å²) in [5.74, 6) is -3.90. The van der Waals surface area contributed by atoms with E-state index in [0.29, 0.717) is 27.5 Å². The number of phenols is 2. The summed E-state index contributed by atoms with van der Waals surface area (Å²) < 4.78 is 11.3. The fourth-order valence-corrected chi connectivity index (χ4v) is 6.26. The highest BCUT2D eigenvalue weighted by atomic mass is 16.4. The van der Waals surface area contributed by atoms with E-state index in [1.54, 1.807) is 18.2 Å². The van der Waals surface area contributed by atoms with Crippen molar-refractivity contribution >= 4 is 45.7 Å². The monoisotopic (exact) mass is 740 g/mol. The number of aromatic carboxylic acids is 2. The first-order valence-electron chi connectivity index (χ1n) is 16.6. The predicted octanol–water partition coefficient (Wildman–Crippen LogP) is 5.27. The van der Waals surface area contributed by atoms with Crippen LogP contribution >= 0.6 is 0 Å². The number of rotatable bonds is 10. The summed E-state index contributed by atoms with van der Waals surface area (Å²) in [6.45, 7) is -0.202. The van der Waals surface area contributed by atoms with E-state index in [1.807, 2.05) is 0 Å². The molecule has 2 aliphatic rings. The van der Waals surface area contributed by atoms with E-state index in [2.05, 4.69) is 10.6 Å². The van der Waals surface area contributed by atoms with Gasteiger partial charge < -0.3 is 39.9 Å². The Balaban J connectivity index is 1.09. The summed E-state index contributed by atoms with van der Waals surface area (Å²) in [6, 6.07) is 22.7. The average Bonchev–Trinajstić information content (AvgIpc) is 3.16. The van der Waals surface area contributed by atoms with Gasteiger partial charge in [-0.05, 0) is 77.9 Å². The Morgan fingerprint density at radius 1 is 0.636 bits per heavy atom. The van der Waals surface area contributed by atoms with Gasteiger partial charge in [0.25, 0.3) is 5.91 Å². The number of carbonyl (C=O) groups excluding carboxylic acids is 2. The number of fused-ring (bicyclic) bond motifs is 3. The van der Waals surface area contributed by atoms with Gasteiger partial charge in [-0.3, -0.25) is 14.4 Å². The summed E-state index contributed by atoms with van der Waals surface area (Å²) in [7, 11) is 0. The van der Waals surface area contributed by atoms with Crippen molar-refractivity contribution in [2.24, 2.45) is 0 Å². The summed E-state index contributed by atoms with van der Waals surface area (Å²) in [6.07, 6.45) is -0.238. The third kappa shape index (κ3) is 7.19. The number of carboxylic acid groups (broad SMARTS) is 2. The SMILES string of the molecule is O=C(Cc1cc2ccc(O)cc2oc1=O)NCc1ccc(C(=O)NCc2c3oc4cc(O)ccc4c(-c4ccc(C(=O)O)cc4C(=O)O)c-3ccc2=O)cc1. The van der Waals surface area contributed by atoms with E-state index in [9.17, 15) is 49.2 Å². The van der Waals surface area contributed by atoms with Crippen molar-refractivity contribution in [2.45, 2.75) is 19.5 Å². The molecule has 14 nitrogen and oxygen atoms in total. The van der Waals surface area contributed by atoms with Crippen molar-refractivity contribution in [3.63, 3.8) is 0 Å². The van der Waals surface area contributed by atoms with Crippen LogP contribution in [0.1, 0.15) is 47.8 Å². The van der Waals surface area contributed by atoms with Crippen LogP contribution in [0, 0.1) is 0 Å². The van der Waals surface area contributed by atoms with E-state index < -0.39 is 34.8 Å². The molecule has 0 fully saturated rings. The Morgan fingerprint density at radius 3 is 2.05 bits per heavy atom. The fourth-order valence-electron chi connectivity index (χ4n) is 6.26. The second kappa shape index (κ2) is 14.4. The van der Waals surface area contributed by atoms with Gasteiger partial charge in [-0.15, -0.1) is 0 Å². The lowest BCUT2D eigenvalue weighted by molar-refractivity contribution is -0.120. The molecule has 14 heteroatoms. The normalized spacial score (nSPS) is 11.1. The lowest BCUT2D eigenvalue weighted by Gasteiger charge is -2.19. The highest BCUT2D eigenvalue weighted by Gasteiger charge is 2.26. The lowest BCUT2D eigenvalue weighted by atomic mass is 9.88. The van der Waals surface area contributed by atoms with Crippen LogP contribution in [0.4, 0.5) is 0 Å². The Kier molecular flexibility index (Phi) is 9.30. The largest absolute Gasteiger partial charge is 0.508 e. The van der Waals surface area contributed by atoms with Gasteiger partial charge in [0.2, 0.25) is 5.91 Å². The molecule has 0 atom stereocenters. The minimum atomic E-state index is -1.39. The van der Waals surface area contributed by atoms with Crippen molar-refractivity contribution in [3.8, 4) is 33.9 Å². The van der Waals surface area contributed by atoms with Gasteiger partial charge in [0.1, 0.15) is 28.4 Å². The molecule has 5 aromatic rings. The maximum Gasteiger partial charge on any atom is 0.339 e. The topological polar surface area (TPSA) is 234 Å². The first-order valence-corrected chi connectivity index (χ1v) is 16.6. The maximum absolute atomic E-state index is 13.2. The number of hydrogen-bond donors (Lipinski definition) is 6. The van der Waals surface area contributed by atoms with Crippen LogP contribution < -0.4 is 21.7 Å². The third-order valence-corrected chi connectivity index (χ3v) is 8.97. The van der Waals surface area contributed by atoms with E-state index in [0.717, 1.165) is 6.07 Å². The van der Waals surface area contributed by atoms with Gasteiger partial charge in [0, 0.05) is 51.7 Å². The molecule has 4 aromatic carbocycles. The molecule has 274 valence electrons. The Morgan fingerprint density at radius 2 is 1.33 bits per heavy atom. The van der Waals surface area contributed by atoms with Crippen LogP contribution in [0.15, 0.2) is 115 Å². The highest BCUT2D eigenvalue weighted by molar-refractivity contribution is 6.09. The lowest BCUT2D eigenvalue weighted by Crippen LogP contribution is -2.27. The predicted molar refractivity (Wildman–Crippen MR) is 197 cm³/mol. The van der Waals surface area contributed by atoms with Crippen LogP contribution in [0.2, 0.25) is 0 Å². The molecule has 1 aromatic heterocycles. The van der Waals surface area contributed by atoms with Crippen molar-refractivity contribution in [1.29, 1.82) is 0 Å². The number of benzene rings is 5. The molecule has 1 aliphatic heterocycles. The quantitative estimate of drug-likeness (QED) is 0.0778. The van der Waals surface area contributed by atoms with E-state index in [1.165, 1.54) is 72.8 Å². The number of phenolic OH excluding ortho intramolecular Hbond substituents is 2. The zero-order chi connectivity index (χ0) is 39.0. The number of amides is 2. The number of nitrogens with one attached hydrogen (secondary N) is 2. The molecule has 0 saturated heterocycles. The van der Waals surface area contributed by atoms with E-state index in [-0.39, 0.29) is 81.3 Å². The van der Waals surface area contributed by atoms with Gasteiger partial charge >= 0.3 is 17.6 Å². The molecule has 7 rings (SSSR count). The smallest absolute Gasteiger partial charge is 0.339 e. The van der Waals surface area contributed by atoms with Gasteiger partial charge in [-0.25, -0.2) is 14.4 Å². The average molecular weight is 741 g/mol. The summed E-state index contributed by atoms with van der Waals surface area (Å²) >= 11 is 0. The van der Waals surface area contributed by atoms with Gasteiger partial charge in [-0.2, -0.15) is 0 Å². The van der Waals surface area contributed by atoms with Crippen LogP contribution in [0.25, 0.3) is 44.4 Å². The Labute approximate surface area is 308 Å². The van der Waals surface area contributed by atoms with E-state index >= 15 is 0 Å². The molecule has 2 heterocycles. The number of aromatic hydroxyl groups is 2. The summed E-state index contributed by atoms with van der Waals surface area (Å²) in [5.41, 5.74) is 0.373. The van der Waals surface area contributed by atoms with E-state index in [4.69, 9.17) is 8.83 Å². The third-order valence-electron chi connectivity index (χ3n) is 8.97. The molecule has 0 bridgehead atoms. The molecule has 0 saturated carbocycles. The highest BCUT2D eigenvalue weighted by Crippen LogP contribution is 2.43. The fraction of sp³-hybridized carbons (Fsp3) is 0.0732. The molecule has 0 radical (unpaired) electrons. The van der Waals surface area contributed by atoms with Crippen LogP contribution in [0.3, 0.4) is 0 Å². The van der Waals surface area contributed by atoms with Crippen molar-refractivity contribution < 1.29 is 48.4 Å². The number of hydrogen-bond acceptors (Lipinski definition) is 10. The van der Waals surface area contributed by atoms with Crippen molar-refractivity contribution in [2.75, 3.05) is 0 Å². The van der Waals surface area contributed by atoms with Gasteiger partial charge in [0.15, 0.2) is 5.43 Å². The van der Waals surface area contributed by atoms with Crippen LogP contribution in [0.5, 0.6) is 11.5 Å². The summed E-state index contributed by atoms with van der Waals surface area (Å²) in [4.78, 5) is 75.4. The van der Waals surface area contributed by atoms with Gasteiger partial charge in [0.05, 0.1) is 29.7 Å². The van der Waals surface area contributed by atoms with Crippen molar-refractivity contribution in [3.05, 3.63) is 151 Å². The van der Waals surface area contributed by atoms with Crippen LogP contribution in [-0.2, 0) is 24.3 Å². The Hall–Kier alpha value is -7.74. The molecule has 55 heavy (non-hydrogen) atoms. The van der Waals surface area contributed by atoms with Crippen molar-refractivity contribution in [1.82, 2.24) is 10.6 Å². The summed E-state index contributed by atoms with van der Waals surface area (Å²) in [5, 5.41) is 45.7. The Bertz CT molecular complexity index is 2800. The van der Waals surface area contributed by atoms with Gasteiger partial charge in [-0.1, -0.05) is 18.2 Å². The second-order valence-corrected chi connectivity index (χ2v) is 12.6. The standard InChI is InChI=1S/C41H28N2O12/c44-25-7-5-22-13-24(41(53)55-33(22)16-25)15-35(47)42-18-20-1-3-21(4-2-20)38(48)43-19-31-32(46)12-11-29-36(28-10-8-26(45)17-34(28)54-37(29)31)27-9-6-23(39(49)50)14-30(27)40(51)52/h1-14,16-17,44-45H,15,18-19H2,(H,42,47)(H,43,48)(H,49,50)(H,51,52). The minimum Gasteiger partial charge on any atom is -0.508 e. The number of carbonyl (C=O) groups is 4. The molecule has 6 N–H and O–H groups in total. The molecular weight excluding hydrogens is 712 g/mol. The molecular formula is C41H28N2O12. The molecule has 1 aliphatic carbocycles. The second-order valence-electron chi connectivity index (χ2n) is 12.6.